The number of pyridine rings is 2. The molecule has 2 heterocycles. The van der Waals surface area contributed by atoms with Gasteiger partial charge in [0.15, 0.2) is 0 Å². The zero-order chi connectivity index (χ0) is 26.7. The highest BCUT2D eigenvalue weighted by atomic mass is 16.5. The first-order chi connectivity index (χ1) is 17.7. The molecule has 3 N–H and O–H groups in total. The second kappa shape index (κ2) is 10.6. The number of H-pyrrole nitrogens is 1. The molecule has 0 spiro atoms. The number of aromatic hydroxyl groups is 2. The van der Waals surface area contributed by atoms with E-state index in [0.717, 1.165) is 5.56 Å². The zero-order valence-corrected chi connectivity index (χ0v) is 20.8. The minimum atomic E-state index is -1.06. The molecule has 2 aromatic carbocycles. The fourth-order valence-corrected chi connectivity index (χ4v) is 4.48. The number of phenolic OH excluding ortho intramolecular Hbond substituents is 1. The molecule has 9 nitrogen and oxygen atoms in total. The van der Waals surface area contributed by atoms with E-state index >= 15 is 0 Å². The Morgan fingerprint density at radius 2 is 1.76 bits per heavy atom. The molecule has 37 heavy (non-hydrogen) atoms. The lowest BCUT2D eigenvalue weighted by molar-refractivity contribution is -0.140. The summed E-state index contributed by atoms with van der Waals surface area (Å²) in [7, 11) is 2.75. The molecule has 0 radical (unpaired) electrons. The van der Waals surface area contributed by atoms with Crippen molar-refractivity contribution in [3.63, 3.8) is 0 Å². The maximum Gasteiger partial charge on any atom is 0.306 e. The van der Waals surface area contributed by atoms with Gasteiger partial charge in [-0.25, -0.2) is 0 Å². The first-order valence-corrected chi connectivity index (χ1v) is 11.7. The molecular formula is C28H28N2O7. The molecule has 0 fully saturated rings. The molecule has 192 valence electrons. The van der Waals surface area contributed by atoms with E-state index in [1.54, 1.807) is 55.5 Å². The van der Waals surface area contributed by atoms with E-state index in [4.69, 9.17) is 9.47 Å². The van der Waals surface area contributed by atoms with Crippen molar-refractivity contribution in [3.8, 4) is 17.2 Å². The molecule has 0 aliphatic carbocycles. The van der Waals surface area contributed by atoms with Crippen LogP contribution in [0, 0.1) is 6.92 Å². The molecule has 0 saturated carbocycles. The SMILES string of the molecule is COC(=O)C[C@H](c1cc2cc(OC)ccc2[nH]c1=O)c1c(O)cc(C)n(CCc2ccc(O)cc2)c1=O. The van der Waals surface area contributed by atoms with Crippen molar-refractivity contribution in [2.24, 2.45) is 0 Å². The zero-order valence-electron chi connectivity index (χ0n) is 20.8. The average molecular weight is 505 g/mol. The highest BCUT2D eigenvalue weighted by Crippen LogP contribution is 2.32. The van der Waals surface area contributed by atoms with Gasteiger partial charge in [0.05, 0.1) is 26.2 Å². The Morgan fingerprint density at radius 1 is 1.03 bits per heavy atom. The van der Waals surface area contributed by atoms with Crippen LogP contribution in [0.4, 0.5) is 0 Å². The third-order valence-electron chi connectivity index (χ3n) is 6.49. The number of aromatic nitrogens is 2. The first-order valence-electron chi connectivity index (χ1n) is 11.7. The summed E-state index contributed by atoms with van der Waals surface area (Å²) in [6.07, 6.45) is 0.169. The summed E-state index contributed by atoms with van der Waals surface area (Å²) in [6, 6.07) is 14.9. The molecule has 0 aliphatic rings. The Morgan fingerprint density at radius 3 is 2.43 bits per heavy atom. The maximum absolute atomic E-state index is 13.7. The minimum absolute atomic E-state index is 0.0607. The predicted molar refractivity (Wildman–Crippen MR) is 139 cm³/mol. The Kier molecular flexibility index (Phi) is 7.33. The van der Waals surface area contributed by atoms with Crippen molar-refractivity contribution in [1.82, 2.24) is 9.55 Å². The highest BCUT2D eigenvalue weighted by molar-refractivity contribution is 5.81. The third kappa shape index (κ3) is 5.35. The Bertz CT molecular complexity index is 1570. The summed E-state index contributed by atoms with van der Waals surface area (Å²) in [4.78, 5) is 42.0. The van der Waals surface area contributed by atoms with Crippen LogP contribution in [0.3, 0.4) is 0 Å². The fraction of sp³-hybridized carbons (Fsp3) is 0.250. The van der Waals surface area contributed by atoms with Crippen molar-refractivity contribution in [1.29, 1.82) is 0 Å². The molecule has 9 heteroatoms. The van der Waals surface area contributed by atoms with Crippen molar-refractivity contribution in [3.05, 3.63) is 97.7 Å². The monoisotopic (exact) mass is 504 g/mol. The number of nitrogens with one attached hydrogen (secondary N) is 1. The van der Waals surface area contributed by atoms with Gasteiger partial charge in [0.1, 0.15) is 17.2 Å². The lowest BCUT2D eigenvalue weighted by Gasteiger charge is -2.20. The van der Waals surface area contributed by atoms with E-state index in [2.05, 4.69) is 4.98 Å². The van der Waals surface area contributed by atoms with Crippen LogP contribution in [0.15, 0.2) is 64.2 Å². The van der Waals surface area contributed by atoms with Gasteiger partial charge in [0.25, 0.3) is 11.1 Å². The molecular weight excluding hydrogens is 476 g/mol. The quantitative estimate of drug-likeness (QED) is 0.314. The number of aryl methyl sites for hydroxylation is 2. The summed E-state index contributed by atoms with van der Waals surface area (Å²) < 4.78 is 11.6. The minimum Gasteiger partial charge on any atom is -0.508 e. The molecule has 4 aromatic rings. The molecule has 0 bridgehead atoms. The summed E-state index contributed by atoms with van der Waals surface area (Å²) in [5, 5.41) is 21.1. The van der Waals surface area contributed by atoms with Gasteiger partial charge in [-0.1, -0.05) is 12.1 Å². The van der Waals surface area contributed by atoms with E-state index in [-0.39, 0.29) is 29.0 Å². The molecule has 0 aliphatic heterocycles. The smallest absolute Gasteiger partial charge is 0.306 e. The summed E-state index contributed by atoms with van der Waals surface area (Å²) >= 11 is 0. The van der Waals surface area contributed by atoms with Gasteiger partial charge in [-0.05, 0) is 61.4 Å². The highest BCUT2D eigenvalue weighted by Gasteiger charge is 2.29. The van der Waals surface area contributed by atoms with Crippen LogP contribution < -0.4 is 15.9 Å². The number of benzene rings is 2. The molecule has 0 unspecified atom stereocenters. The number of aromatic amines is 1. The number of rotatable bonds is 8. The maximum atomic E-state index is 13.7. The number of ether oxygens (including phenoxy) is 2. The topological polar surface area (TPSA) is 131 Å². The number of esters is 1. The van der Waals surface area contributed by atoms with Crippen LogP contribution in [0.25, 0.3) is 10.9 Å². The van der Waals surface area contributed by atoms with Gasteiger partial charge in [-0.15, -0.1) is 0 Å². The van der Waals surface area contributed by atoms with Gasteiger partial charge in [0, 0.05) is 34.6 Å². The number of fused-ring (bicyclic) bond motifs is 1. The van der Waals surface area contributed by atoms with Crippen LogP contribution >= 0.6 is 0 Å². The van der Waals surface area contributed by atoms with Gasteiger partial charge >= 0.3 is 5.97 Å². The summed E-state index contributed by atoms with van der Waals surface area (Å²) in [5.74, 6) is -1.27. The number of hydrogen-bond acceptors (Lipinski definition) is 7. The van der Waals surface area contributed by atoms with Crippen LogP contribution in [-0.4, -0.2) is 40.0 Å². The van der Waals surface area contributed by atoms with Crippen LogP contribution in [0.2, 0.25) is 0 Å². The van der Waals surface area contributed by atoms with Crippen LogP contribution in [0.5, 0.6) is 17.2 Å². The molecule has 1 atom stereocenters. The second-order valence-electron chi connectivity index (χ2n) is 8.80. The summed E-state index contributed by atoms with van der Waals surface area (Å²) in [6.45, 7) is 1.99. The lowest BCUT2D eigenvalue weighted by Crippen LogP contribution is -2.31. The van der Waals surface area contributed by atoms with Gasteiger partial charge < -0.3 is 29.2 Å². The largest absolute Gasteiger partial charge is 0.508 e. The number of carbonyl (C=O) groups excluding carboxylic acids is 1. The summed E-state index contributed by atoms with van der Waals surface area (Å²) in [5.41, 5.74) is 1.09. The third-order valence-corrected chi connectivity index (χ3v) is 6.49. The first kappa shape index (κ1) is 25.6. The molecule has 0 saturated heterocycles. The van der Waals surface area contributed by atoms with Gasteiger partial charge in [-0.2, -0.15) is 0 Å². The predicted octanol–water partition coefficient (Wildman–Crippen LogP) is 3.36. The Labute approximate surface area is 212 Å². The van der Waals surface area contributed by atoms with E-state index in [1.807, 2.05) is 0 Å². The molecule has 2 aromatic heterocycles. The van der Waals surface area contributed by atoms with Gasteiger partial charge in [0.2, 0.25) is 0 Å². The number of nitrogens with zero attached hydrogens (tertiary/aromatic N) is 1. The number of methoxy groups -OCH3 is 2. The fourth-order valence-electron chi connectivity index (χ4n) is 4.48. The van der Waals surface area contributed by atoms with Crippen LogP contribution in [-0.2, 0) is 22.5 Å². The number of carbonyl (C=O) groups is 1. The Balaban J connectivity index is 1.84. The lowest BCUT2D eigenvalue weighted by atomic mass is 9.88. The van der Waals surface area contributed by atoms with E-state index < -0.39 is 23.0 Å². The Hall–Kier alpha value is -4.53. The number of phenols is 1. The standard InChI is InChI=1S/C28H28N2O7/c1-16-12-24(32)26(28(35)30(16)11-10-17-4-6-19(31)7-5-17)21(15-25(33)37-3)22-14-18-13-20(36-2)8-9-23(18)29-27(22)34/h4-9,12-14,21,31-32H,10-11,15H2,1-3H3,(H,29,34)/t21-/m1/s1. The molecule has 4 rings (SSSR count). The normalized spacial score (nSPS) is 11.9. The number of hydrogen-bond donors (Lipinski definition) is 3. The van der Waals surface area contributed by atoms with E-state index in [9.17, 15) is 24.6 Å². The average Bonchev–Trinajstić information content (AvgIpc) is 2.88. The van der Waals surface area contributed by atoms with E-state index in [0.29, 0.717) is 35.3 Å². The van der Waals surface area contributed by atoms with Crippen LogP contribution in [0.1, 0.15) is 34.7 Å². The van der Waals surface area contributed by atoms with Crippen molar-refractivity contribution in [2.45, 2.75) is 32.2 Å². The van der Waals surface area contributed by atoms with Crippen molar-refractivity contribution in [2.75, 3.05) is 14.2 Å². The van der Waals surface area contributed by atoms with E-state index in [1.165, 1.54) is 24.9 Å². The van der Waals surface area contributed by atoms with Crippen molar-refractivity contribution < 1.29 is 24.5 Å². The van der Waals surface area contributed by atoms with Gasteiger partial charge in [-0.3, -0.25) is 14.4 Å². The van der Waals surface area contributed by atoms with Crippen molar-refractivity contribution >= 4 is 16.9 Å². The second-order valence-corrected chi connectivity index (χ2v) is 8.80. The molecule has 0 amide bonds.